The SMILES string of the molecule is COc1nc(-c2cccc(-c3cccc(-c4cc5c(s4)CNCC5)c3Cl)c2Cl)ccc1CCC[C@@H]1CCC(=O)N1. The van der Waals surface area contributed by atoms with Gasteiger partial charge in [0.25, 0.3) is 0 Å². The molecular formula is C32H31Cl2N3O2S. The van der Waals surface area contributed by atoms with Crippen LogP contribution in [0.15, 0.2) is 54.6 Å². The first kappa shape index (κ1) is 27.3. The second-order valence-corrected chi connectivity index (χ2v) is 12.3. The number of pyridine rings is 1. The molecule has 0 spiro atoms. The van der Waals surface area contributed by atoms with Crippen LogP contribution in [0.4, 0.5) is 0 Å². The van der Waals surface area contributed by atoms with Gasteiger partial charge in [-0.2, -0.15) is 0 Å². The lowest BCUT2D eigenvalue weighted by Crippen LogP contribution is -2.25. The summed E-state index contributed by atoms with van der Waals surface area (Å²) in [5.41, 5.74) is 6.84. The fraction of sp³-hybridized carbons (Fsp3) is 0.312. The Kier molecular flexibility index (Phi) is 8.12. The third kappa shape index (κ3) is 5.51. The predicted octanol–water partition coefficient (Wildman–Crippen LogP) is 7.71. The van der Waals surface area contributed by atoms with Gasteiger partial charge in [-0.15, -0.1) is 11.3 Å². The fourth-order valence-corrected chi connectivity index (χ4v) is 7.60. The van der Waals surface area contributed by atoms with Crippen LogP contribution in [0.3, 0.4) is 0 Å². The van der Waals surface area contributed by atoms with Crippen LogP contribution in [-0.4, -0.2) is 30.6 Å². The molecule has 1 saturated heterocycles. The smallest absolute Gasteiger partial charge is 0.220 e. The van der Waals surface area contributed by atoms with Gasteiger partial charge >= 0.3 is 0 Å². The van der Waals surface area contributed by atoms with Crippen LogP contribution in [0.5, 0.6) is 5.88 Å². The van der Waals surface area contributed by atoms with Crippen LogP contribution >= 0.6 is 34.5 Å². The minimum atomic E-state index is 0.156. The number of carbonyl (C=O) groups excluding carboxylic acids is 1. The zero-order chi connectivity index (χ0) is 27.6. The van der Waals surface area contributed by atoms with Gasteiger partial charge in [-0.25, -0.2) is 4.98 Å². The highest BCUT2D eigenvalue weighted by Gasteiger charge is 2.21. The second-order valence-electron chi connectivity index (χ2n) is 10.4. The van der Waals surface area contributed by atoms with Crippen molar-refractivity contribution >= 4 is 40.4 Å². The second kappa shape index (κ2) is 11.9. The largest absolute Gasteiger partial charge is 0.481 e. The molecule has 0 bridgehead atoms. The van der Waals surface area contributed by atoms with Crippen molar-refractivity contribution in [2.75, 3.05) is 13.7 Å². The van der Waals surface area contributed by atoms with Crippen molar-refractivity contribution < 1.29 is 9.53 Å². The number of halogens is 2. The standard InChI is InChI=1S/C32H31Cl2N3O2S/c1-39-32-19(5-2-6-21-12-14-29(38)36-21)11-13-26(37-32)24-9-3-7-22(30(24)33)23-8-4-10-25(31(23)34)27-17-20-15-16-35-18-28(20)40-27/h3-4,7-11,13,17,21,35H,2,5-6,12,14-16,18H2,1H3,(H,36,38)/t21-/m1/s1. The lowest BCUT2D eigenvalue weighted by molar-refractivity contribution is -0.119. The number of methoxy groups -OCH3 is 1. The molecular weight excluding hydrogens is 561 g/mol. The molecule has 0 aliphatic carbocycles. The summed E-state index contributed by atoms with van der Waals surface area (Å²) >= 11 is 15.9. The molecule has 0 unspecified atom stereocenters. The van der Waals surface area contributed by atoms with Crippen LogP contribution in [0, 0.1) is 0 Å². The number of benzene rings is 2. The topological polar surface area (TPSA) is 63.2 Å². The van der Waals surface area contributed by atoms with E-state index < -0.39 is 0 Å². The van der Waals surface area contributed by atoms with E-state index in [2.05, 4.69) is 28.8 Å². The summed E-state index contributed by atoms with van der Waals surface area (Å²) in [5.74, 6) is 0.758. The number of aryl methyl sites for hydroxylation is 1. The van der Waals surface area contributed by atoms with E-state index >= 15 is 0 Å². The van der Waals surface area contributed by atoms with E-state index in [0.29, 0.717) is 22.3 Å². The van der Waals surface area contributed by atoms with E-state index in [1.165, 1.54) is 15.3 Å². The summed E-state index contributed by atoms with van der Waals surface area (Å²) < 4.78 is 5.67. The summed E-state index contributed by atoms with van der Waals surface area (Å²) in [6, 6.07) is 18.8. The van der Waals surface area contributed by atoms with Gasteiger partial charge in [-0.1, -0.05) is 65.7 Å². The number of rotatable bonds is 8. The molecule has 6 rings (SSSR count). The maximum Gasteiger partial charge on any atom is 0.220 e. The molecule has 1 fully saturated rings. The molecule has 4 aromatic rings. The van der Waals surface area contributed by atoms with Gasteiger partial charge < -0.3 is 15.4 Å². The first-order chi connectivity index (χ1) is 19.5. The van der Waals surface area contributed by atoms with Crippen molar-refractivity contribution in [3.05, 3.63) is 80.6 Å². The minimum Gasteiger partial charge on any atom is -0.481 e. The highest BCUT2D eigenvalue weighted by molar-refractivity contribution is 7.15. The van der Waals surface area contributed by atoms with Gasteiger partial charge in [0.2, 0.25) is 11.8 Å². The maximum atomic E-state index is 11.5. The Hall–Kier alpha value is -2.90. The summed E-state index contributed by atoms with van der Waals surface area (Å²) in [5, 5.41) is 7.80. The van der Waals surface area contributed by atoms with Crippen molar-refractivity contribution in [2.24, 2.45) is 0 Å². The van der Waals surface area contributed by atoms with Gasteiger partial charge in [0.15, 0.2) is 0 Å². The summed E-state index contributed by atoms with van der Waals surface area (Å²) in [4.78, 5) is 18.9. The molecule has 2 aliphatic rings. The molecule has 8 heteroatoms. The van der Waals surface area contributed by atoms with E-state index in [0.717, 1.165) is 78.7 Å². The lowest BCUT2D eigenvalue weighted by atomic mass is 9.98. The third-order valence-corrected chi connectivity index (χ3v) is 9.82. The highest BCUT2D eigenvalue weighted by Crippen LogP contribution is 2.44. The number of fused-ring (bicyclic) bond motifs is 1. The Balaban J connectivity index is 1.27. The van der Waals surface area contributed by atoms with E-state index in [-0.39, 0.29) is 11.9 Å². The highest BCUT2D eigenvalue weighted by atomic mass is 35.5. The first-order valence-electron chi connectivity index (χ1n) is 13.8. The van der Waals surface area contributed by atoms with Crippen LogP contribution in [0.25, 0.3) is 32.8 Å². The molecule has 2 aromatic heterocycles. The quantitative estimate of drug-likeness (QED) is 0.220. The normalized spacial score (nSPS) is 16.6. The van der Waals surface area contributed by atoms with Crippen molar-refractivity contribution in [3.8, 4) is 38.7 Å². The molecule has 1 amide bonds. The van der Waals surface area contributed by atoms with Crippen molar-refractivity contribution in [3.63, 3.8) is 0 Å². The molecule has 5 nitrogen and oxygen atoms in total. The molecule has 4 heterocycles. The minimum absolute atomic E-state index is 0.156. The molecule has 0 radical (unpaired) electrons. The number of hydrogen-bond donors (Lipinski definition) is 2. The molecule has 2 aliphatic heterocycles. The molecule has 206 valence electrons. The number of ether oxygens (including phenoxy) is 1. The van der Waals surface area contributed by atoms with Gasteiger partial charge in [0, 0.05) is 56.6 Å². The van der Waals surface area contributed by atoms with E-state index in [9.17, 15) is 4.79 Å². The van der Waals surface area contributed by atoms with Crippen LogP contribution in [-0.2, 0) is 24.2 Å². The molecule has 2 aromatic carbocycles. The third-order valence-electron chi connectivity index (χ3n) is 7.80. The Morgan fingerprint density at radius 3 is 2.48 bits per heavy atom. The summed E-state index contributed by atoms with van der Waals surface area (Å²) in [7, 11) is 1.65. The monoisotopic (exact) mass is 591 g/mol. The summed E-state index contributed by atoms with van der Waals surface area (Å²) in [6.07, 6.45) is 5.34. The zero-order valence-electron chi connectivity index (χ0n) is 22.4. The van der Waals surface area contributed by atoms with Crippen LogP contribution in [0.1, 0.15) is 41.7 Å². The number of amides is 1. The average Bonchev–Trinajstić information content (AvgIpc) is 3.59. The molecule has 2 N–H and O–H groups in total. The Labute approximate surface area is 248 Å². The number of nitrogens with one attached hydrogen (secondary N) is 2. The van der Waals surface area contributed by atoms with Crippen molar-refractivity contribution in [1.29, 1.82) is 0 Å². The average molecular weight is 593 g/mol. The molecule has 40 heavy (non-hydrogen) atoms. The first-order valence-corrected chi connectivity index (χ1v) is 15.3. The van der Waals surface area contributed by atoms with Gasteiger partial charge in [0.05, 0.1) is 22.8 Å². The summed E-state index contributed by atoms with van der Waals surface area (Å²) in [6.45, 7) is 1.93. The van der Waals surface area contributed by atoms with E-state index in [1.807, 2.05) is 36.4 Å². The van der Waals surface area contributed by atoms with E-state index in [1.54, 1.807) is 18.4 Å². The number of nitrogens with zero attached hydrogens (tertiary/aromatic N) is 1. The van der Waals surface area contributed by atoms with E-state index in [4.69, 9.17) is 32.9 Å². The number of hydrogen-bond acceptors (Lipinski definition) is 5. The van der Waals surface area contributed by atoms with Crippen molar-refractivity contribution in [2.45, 2.75) is 51.1 Å². The number of thiophene rings is 1. The predicted molar refractivity (Wildman–Crippen MR) is 165 cm³/mol. The van der Waals surface area contributed by atoms with Crippen LogP contribution in [0.2, 0.25) is 10.0 Å². The fourth-order valence-electron chi connectivity index (χ4n) is 5.67. The Bertz CT molecular complexity index is 1540. The number of carbonyl (C=O) groups is 1. The van der Waals surface area contributed by atoms with Gasteiger partial charge in [-0.05, 0) is 56.3 Å². The Morgan fingerprint density at radius 2 is 1.75 bits per heavy atom. The van der Waals surface area contributed by atoms with Gasteiger partial charge in [-0.3, -0.25) is 4.79 Å². The zero-order valence-corrected chi connectivity index (χ0v) is 24.7. The molecule has 1 atom stereocenters. The van der Waals surface area contributed by atoms with Gasteiger partial charge in [0.1, 0.15) is 0 Å². The molecule has 0 saturated carbocycles. The lowest BCUT2D eigenvalue weighted by Gasteiger charge is -2.15. The number of aromatic nitrogens is 1. The van der Waals surface area contributed by atoms with Crippen molar-refractivity contribution in [1.82, 2.24) is 15.6 Å². The Morgan fingerprint density at radius 1 is 1.00 bits per heavy atom. The van der Waals surface area contributed by atoms with Crippen LogP contribution < -0.4 is 15.4 Å². The maximum absolute atomic E-state index is 11.5.